The molecule has 2 aromatic rings. The molecule has 2 aromatic carbocycles. The summed E-state index contributed by atoms with van der Waals surface area (Å²) in [6.07, 6.45) is 2.93. The van der Waals surface area contributed by atoms with Crippen molar-refractivity contribution in [1.29, 1.82) is 0 Å². The molecule has 144 valence electrons. The number of nitrogens with zero attached hydrogens (tertiary/aromatic N) is 1. The van der Waals surface area contributed by atoms with Crippen LogP contribution in [-0.2, 0) is 27.2 Å². The molecule has 1 atom stereocenters. The van der Waals surface area contributed by atoms with Crippen LogP contribution in [0.3, 0.4) is 0 Å². The predicted octanol–water partition coefficient (Wildman–Crippen LogP) is 2.73. The van der Waals surface area contributed by atoms with Gasteiger partial charge >= 0.3 is 11.8 Å². The molecule has 6 heteroatoms. The van der Waals surface area contributed by atoms with Crippen molar-refractivity contribution < 1.29 is 14.4 Å². The molecule has 2 heterocycles. The Labute approximate surface area is 163 Å². The van der Waals surface area contributed by atoms with Crippen molar-refractivity contribution in [3.63, 3.8) is 0 Å². The molecule has 0 fully saturated rings. The van der Waals surface area contributed by atoms with Crippen LogP contribution in [0.5, 0.6) is 0 Å². The highest BCUT2D eigenvalue weighted by molar-refractivity contribution is 6.39. The van der Waals surface area contributed by atoms with Crippen LogP contribution in [-0.4, -0.2) is 24.3 Å². The molecule has 28 heavy (non-hydrogen) atoms. The summed E-state index contributed by atoms with van der Waals surface area (Å²) in [6, 6.07) is 13.0. The molecule has 0 saturated heterocycles. The Kier molecular flexibility index (Phi) is 4.86. The van der Waals surface area contributed by atoms with Crippen LogP contribution in [0.25, 0.3) is 0 Å². The summed E-state index contributed by atoms with van der Waals surface area (Å²) in [4.78, 5) is 38.7. The van der Waals surface area contributed by atoms with E-state index in [1.54, 1.807) is 0 Å². The average molecular weight is 377 g/mol. The summed E-state index contributed by atoms with van der Waals surface area (Å²) < 4.78 is 0. The van der Waals surface area contributed by atoms with Gasteiger partial charge in [0.25, 0.3) is 0 Å². The van der Waals surface area contributed by atoms with Gasteiger partial charge in [-0.3, -0.25) is 14.4 Å². The zero-order valence-electron chi connectivity index (χ0n) is 15.8. The second kappa shape index (κ2) is 7.46. The van der Waals surface area contributed by atoms with E-state index in [0.717, 1.165) is 41.8 Å². The molecule has 2 aliphatic heterocycles. The molecule has 2 aliphatic rings. The second-order valence-corrected chi connectivity index (χ2v) is 7.35. The fraction of sp³-hybridized carbons (Fsp3) is 0.318. The molecule has 3 amide bonds. The number of carbonyl (C=O) groups is 3. The van der Waals surface area contributed by atoms with E-state index in [1.165, 1.54) is 0 Å². The van der Waals surface area contributed by atoms with Crippen LogP contribution in [0.4, 0.5) is 11.4 Å². The molecule has 0 radical (unpaired) electrons. The van der Waals surface area contributed by atoms with Crippen LogP contribution < -0.4 is 15.5 Å². The van der Waals surface area contributed by atoms with E-state index in [-0.39, 0.29) is 11.9 Å². The number of aryl methyl sites for hydroxylation is 2. The van der Waals surface area contributed by atoms with E-state index >= 15 is 0 Å². The number of hydrogen-bond acceptors (Lipinski definition) is 3. The lowest BCUT2D eigenvalue weighted by Crippen LogP contribution is -2.39. The van der Waals surface area contributed by atoms with E-state index in [4.69, 9.17) is 0 Å². The van der Waals surface area contributed by atoms with E-state index in [9.17, 15) is 14.4 Å². The lowest BCUT2D eigenvalue weighted by atomic mass is 9.91. The van der Waals surface area contributed by atoms with E-state index in [0.29, 0.717) is 18.5 Å². The normalized spacial score (nSPS) is 16.2. The summed E-state index contributed by atoms with van der Waals surface area (Å²) in [5.41, 5.74) is 4.67. The van der Waals surface area contributed by atoms with Crippen LogP contribution in [0.1, 0.15) is 42.5 Å². The van der Waals surface area contributed by atoms with Crippen molar-refractivity contribution in [3.8, 4) is 0 Å². The van der Waals surface area contributed by atoms with Gasteiger partial charge in [-0.25, -0.2) is 0 Å². The van der Waals surface area contributed by atoms with Crippen LogP contribution in [0, 0.1) is 0 Å². The standard InChI is InChI=1S/C22H23N3O3/c1-14(15-6-3-2-4-7-15)23-21(27)22(28)24-18-12-16-8-5-11-25-19(26)10-9-17(13-18)20(16)25/h2-4,6-7,12-14H,5,8-11H2,1H3,(H,23,27)(H,24,28)/t14-/m1/s1. The van der Waals surface area contributed by atoms with Gasteiger partial charge in [0.2, 0.25) is 5.91 Å². The first kappa shape index (κ1) is 18.2. The molecule has 0 unspecified atom stereocenters. The topological polar surface area (TPSA) is 78.5 Å². The van der Waals surface area contributed by atoms with Crippen molar-refractivity contribution in [2.45, 2.75) is 38.6 Å². The molecule has 0 aromatic heterocycles. The molecule has 4 rings (SSSR count). The fourth-order valence-electron chi connectivity index (χ4n) is 4.00. The summed E-state index contributed by atoms with van der Waals surface area (Å²) >= 11 is 0. The first-order chi connectivity index (χ1) is 13.5. The highest BCUT2D eigenvalue weighted by Gasteiger charge is 2.30. The third-order valence-corrected chi connectivity index (χ3v) is 5.39. The largest absolute Gasteiger partial charge is 0.341 e. The van der Waals surface area contributed by atoms with Gasteiger partial charge in [0.1, 0.15) is 0 Å². The van der Waals surface area contributed by atoms with E-state index in [2.05, 4.69) is 10.6 Å². The third kappa shape index (κ3) is 3.50. The Balaban J connectivity index is 1.48. The van der Waals surface area contributed by atoms with Gasteiger partial charge in [-0.05, 0) is 55.0 Å². The minimum atomic E-state index is -0.686. The number of carbonyl (C=O) groups excluding carboxylic acids is 3. The maximum Gasteiger partial charge on any atom is 0.313 e. The third-order valence-electron chi connectivity index (χ3n) is 5.39. The van der Waals surface area contributed by atoms with Gasteiger partial charge in [-0.2, -0.15) is 0 Å². The van der Waals surface area contributed by atoms with Gasteiger partial charge < -0.3 is 15.5 Å². The van der Waals surface area contributed by atoms with Crippen LogP contribution in [0.2, 0.25) is 0 Å². The van der Waals surface area contributed by atoms with Crippen molar-refractivity contribution in [2.24, 2.45) is 0 Å². The minimum absolute atomic E-state index is 0.166. The van der Waals surface area contributed by atoms with Gasteiger partial charge in [-0.15, -0.1) is 0 Å². The molecule has 2 N–H and O–H groups in total. The molecule has 0 saturated carbocycles. The first-order valence-electron chi connectivity index (χ1n) is 9.66. The van der Waals surface area contributed by atoms with Crippen molar-refractivity contribution in [1.82, 2.24) is 5.32 Å². The van der Waals surface area contributed by atoms with Gasteiger partial charge in [0, 0.05) is 18.7 Å². The first-order valence-corrected chi connectivity index (χ1v) is 9.66. The number of hydrogen-bond donors (Lipinski definition) is 2. The Morgan fingerprint density at radius 2 is 1.71 bits per heavy atom. The van der Waals surface area contributed by atoms with Gasteiger partial charge in [-0.1, -0.05) is 30.3 Å². The zero-order valence-corrected chi connectivity index (χ0v) is 15.8. The average Bonchev–Trinajstić information content (AvgIpc) is 2.71. The lowest BCUT2D eigenvalue weighted by Gasteiger charge is -2.35. The van der Waals surface area contributed by atoms with Crippen LogP contribution in [0.15, 0.2) is 42.5 Å². The number of benzene rings is 2. The van der Waals surface area contributed by atoms with E-state index < -0.39 is 11.8 Å². The number of rotatable bonds is 3. The fourth-order valence-corrected chi connectivity index (χ4v) is 4.00. The second-order valence-electron chi connectivity index (χ2n) is 7.35. The maximum atomic E-state index is 12.4. The highest BCUT2D eigenvalue weighted by Crippen LogP contribution is 2.37. The molecular formula is C22H23N3O3. The Hall–Kier alpha value is -3.15. The summed E-state index contributed by atoms with van der Waals surface area (Å²) in [6.45, 7) is 2.60. The highest BCUT2D eigenvalue weighted by atomic mass is 16.2. The van der Waals surface area contributed by atoms with Crippen molar-refractivity contribution in [3.05, 3.63) is 59.2 Å². The SMILES string of the molecule is C[C@@H](NC(=O)C(=O)Nc1cc2c3c(c1)CCC(=O)N3CCC2)c1ccccc1. The molecule has 0 bridgehead atoms. The molecule has 6 nitrogen and oxygen atoms in total. The monoisotopic (exact) mass is 377 g/mol. The smallest absolute Gasteiger partial charge is 0.313 e. The Morgan fingerprint density at radius 1 is 1.00 bits per heavy atom. The van der Waals surface area contributed by atoms with Crippen LogP contribution >= 0.6 is 0 Å². The summed E-state index contributed by atoms with van der Waals surface area (Å²) in [5.74, 6) is -1.19. The number of amides is 3. The summed E-state index contributed by atoms with van der Waals surface area (Å²) in [7, 11) is 0. The quantitative estimate of drug-likeness (QED) is 0.808. The molecular weight excluding hydrogens is 354 g/mol. The Bertz CT molecular complexity index is 922. The summed E-state index contributed by atoms with van der Waals surface area (Å²) in [5, 5.41) is 5.45. The number of nitrogens with one attached hydrogen (secondary N) is 2. The maximum absolute atomic E-state index is 12.4. The Morgan fingerprint density at radius 3 is 2.46 bits per heavy atom. The van der Waals surface area contributed by atoms with Gasteiger partial charge in [0.15, 0.2) is 0 Å². The molecule has 0 aliphatic carbocycles. The molecule has 0 spiro atoms. The van der Waals surface area contributed by atoms with Crippen molar-refractivity contribution in [2.75, 3.05) is 16.8 Å². The minimum Gasteiger partial charge on any atom is -0.341 e. The van der Waals surface area contributed by atoms with E-state index in [1.807, 2.05) is 54.3 Å². The van der Waals surface area contributed by atoms with Crippen molar-refractivity contribution >= 4 is 29.1 Å². The zero-order chi connectivity index (χ0) is 19.7. The predicted molar refractivity (Wildman–Crippen MR) is 107 cm³/mol. The van der Waals surface area contributed by atoms with Gasteiger partial charge in [0.05, 0.1) is 11.7 Å². The lowest BCUT2D eigenvalue weighted by molar-refractivity contribution is -0.136. The number of anilines is 2.